The summed E-state index contributed by atoms with van der Waals surface area (Å²) in [7, 11) is 0. The summed E-state index contributed by atoms with van der Waals surface area (Å²) in [4.78, 5) is 0. The molecule has 90 valence electrons. The first-order valence-electron chi connectivity index (χ1n) is 5.53. The highest BCUT2D eigenvalue weighted by atomic mass is 79.9. The van der Waals surface area contributed by atoms with Crippen LogP contribution in [-0.4, -0.2) is 16.9 Å². The Bertz CT molecular complexity index is 508. The topological polar surface area (TPSA) is 46.3 Å². The summed E-state index contributed by atoms with van der Waals surface area (Å²) >= 11 is 3.52. The van der Waals surface area contributed by atoms with Crippen LogP contribution in [0.5, 0.6) is 0 Å². The molecule has 0 saturated heterocycles. The number of aryl methyl sites for hydroxylation is 2. The van der Waals surface area contributed by atoms with E-state index in [4.69, 9.17) is 9.63 Å². The van der Waals surface area contributed by atoms with E-state index in [-0.39, 0.29) is 6.61 Å². The number of aliphatic hydroxyl groups is 1. The van der Waals surface area contributed by atoms with E-state index < -0.39 is 0 Å². The molecule has 0 aliphatic heterocycles. The lowest BCUT2D eigenvalue weighted by molar-refractivity contribution is 0.280. The van der Waals surface area contributed by atoms with Gasteiger partial charge in [-0.15, -0.1) is 0 Å². The Kier molecular flexibility index (Phi) is 3.97. The van der Waals surface area contributed by atoms with Crippen molar-refractivity contribution < 1.29 is 9.63 Å². The largest absolute Gasteiger partial charge is 0.396 e. The third-order valence-corrected chi connectivity index (χ3v) is 3.20. The number of hydrogen-bond acceptors (Lipinski definition) is 3. The van der Waals surface area contributed by atoms with E-state index in [9.17, 15) is 0 Å². The standard InChI is InChI=1S/C13H14BrNO2/c1-9-4-5-11(12(14)7-9)13-8-10(17-15-13)3-2-6-16/h4-5,7-8,16H,2-3,6H2,1H3. The average Bonchev–Trinajstić information content (AvgIpc) is 2.75. The highest BCUT2D eigenvalue weighted by molar-refractivity contribution is 9.10. The normalized spacial score (nSPS) is 10.8. The monoisotopic (exact) mass is 295 g/mol. The van der Waals surface area contributed by atoms with Crippen LogP contribution in [0.25, 0.3) is 11.3 Å². The summed E-state index contributed by atoms with van der Waals surface area (Å²) in [5.41, 5.74) is 3.05. The van der Waals surface area contributed by atoms with Crippen LogP contribution in [0.15, 0.2) is 33.3 Å². The fourth-order valence-corrected chi connectivity index (χ4v) is 2.34. The zero-order valence-electron chi connectivity index (χ0n) is 9.61. The average molecular weight is 296 g/mol. The molecule has 4 heteroatoms. The van der Waals surface area contributed by atoms with Crippen molar-refractivity contribution in [2.24, 2.45) is 0 Å². The van der Waals surface area contributed by atoms with Crippen LogP contribution in [0.4, 0.5) is 0 Å². The number of hydrogen-bond donors (Lipinski definition) is 1. The van der Waals surface area contributed by atoms with E-state index in [2.05, 4.69) is 27.2 Å². The maximum absolute atomic E-state index is 8.76. The summed E-state index contributed by atoms with van der Waals surface area (Å²) in [6, 6.07) is 8.04. The van der Waals surface area contributed by atoms with Crippen LogP contribution >= 0.6 is 15.9 Å². The molecule has 0 bridgehead atoms. The Hall–Kier alpha value is -1.13. The Morgan fingerprint density at radius 2 is 2.18 bits per heavy atom. The number of halogens is 1. The quantitative estimate of drug-likeness (QED) is 0.941. The molecular formula is C13H14BrNO2. The molecule has 1 aromatic carbocycles. The molecule has 17 heavy (non-hydrogen) atoms. The third kappa shape index (κ3) is 2.96. The smallest absolute Gasteiger partial charge is 0.137 e. The minimum atomic E-state index is 0.171. The van der Waals surface area contributed by atoms with Crippen molar-refractivity contribution in [1.29, 1.82) is 0 Å². The van der Waals surface area contributed by atoms with Gasteiger partial charge in [0.15, 0.2) is 0 Å². The first-order chi connectivity index (χ1) is 8.20. The van der Waals surface area contributed by atoms with Gasteiger partial charge in [0, 0.05) is 29.1 Å². The second-order valence-corrected chi connectivity index (χ2v) is 4.84. The fraction of sp³-hybridized carbons (Fsp3) is 0.308. The second kappa shape index (κ2) is 5.47. The van der Waals surface area contributed by atoms with Gasteiger partial charge < -0.3 is 9.63 Å². The summed E-state index contributed by atoms with van der Waals surface area (Å²) in [6.45, 7) is 2.22. The first kappa shape index (κ1) is 12.3. The maximum atomic E-state index is 8.76. The van der Waals surface area contributed by atoms with Gasteiger partial charge in [-0.2, -0.15) is 0 Å². The Morgan fingerprint density at radius 3 is 2.88 bits per heavy atom. The van der Waals surface area contributed by atoms with Crippen molar-refractivity contribution in [2.45, 2.75) is 19.8 Å². The lowest BCUT2D eigenvalue weighted by Crippen LogP contribution is -1.86. The summed E-state index contributed by atoms with van der Waals surface area (Å²) in [5.74, 6) is 0.807. The molecule has 0 aliphatic carbocycles. The van der Waals surface area contributed by atoms with Gasteiger partial charge >= 0.3 is 0 Å². The van der Waals surface area contributed by atoms with Gasteiger partial charge in [0.05, 0.1) is 0 Å². The number of rotatable bonds is 4. The van der Waals surface area contributed by atoms with Crippen molar-refractivity contribution >= 4 is 15.9 Å². The second-order valence-electron chi connectivity index (χ2n) is 3.99. The van der Waals surface area contributed by atoms with Gasteiger partial charge in [0.2, 0.25) is 0 Å². The molecule has 0 amide bonds. The van der Waals surface area contributed by atoms with E-state index in [0.29, 0.717) is 12.8 Å². The zero-order valence-corrected chi connectivity index (χ0v) is 11.2. The van der Waals surface area contributed by atoms with E-state index in [1.54, 1.807) is 0 Å². The summed E-state index contributed by atoms with van der Waals surface area (Å²) in [5, 5.41) is 12.8. The van der Waals surface area contributed by atoms with Crippen LogP contribution < -0.4 is 0 Å². The molecule has 3 nitrogen and oxygen atoms in total. The van der Waals surface area contributed by atoms with Crippen molar-refractivity contribution in [3.8, 4) is 11.3 Å². The van der Waals surface area contributed by atoms with Crippen molar-refractivity contribution in [1.82, 2.24) is 5.16 Å². The molecule has 1 heterocycles. The molecule has 0 fully saturated rings. The van der Waals surface area contributed by atoms with E-state index in [0.717, 1.165) is 21.5 Å². The number of benzene rings is 1. The molecule has 1 aromatic heterocycles. The lowest BCUT2D eigenvalue weighted by Gasteiger charge is -2.00. The van der Waals surface area contributed by atoms with Crippen LogP contribution in [0.3, 0.4) is 0 Å². The van der Waals surface area contributed by atoms with Crippen molar-refractivity contribution in [3.63, 3.8) is 0 Å². The van der Waals surface area contributed by atoms with E-state index in [1.165, 1.54) is 5.56 Å². The molecule has 0 atom stereocenters. The van der Waals surface area contributed by atoms with Crippen molar-refractivity contribution in [2.75, 3.05) is 6.61 Å². The first-order valence-corrected chi connectivity index (χ1v) is 6.33. The number of aliphatic hydroxyl groups excluding tert-OH is 1. The third-order valence-electron chi connectivity index (χ3n) is 2.54. The van der Waals surface area contributed by atoms with Crippen molar-refractivity contribution in [3.05, 3.63) is 40.1 Å². The summed E-state index contributed by atoms with van der Waals surface area (Å²) < 4.78 is 6.24. The van der Waals surface area contributed by atoms with E-state index >= 15 is 0 Å². The maximum Gasteiger partial charge on any atom is 0.137 e. The highest BCUT2D eigenvalue weighted by Crippen LogP contribution is 2.28. The van der Waals surface area contributed by atoms with Gasteiger partial charge in [-0.3, -0.25) is 0 Å². The molecule has 0 spiro atoms. The molecular weight excluding hydrogens is 282 g/mol. The van der Waals surface area contributed by atoms with Crippen LogP contribution in [-0.2, 0) is 6.42 Å². The Labute approximate surface area is 109 Å². The van der Waals surface area contributed by atoms with Gasteiger partial charge in [-0.05, 0) is 25.0 Å². The SMILES string of the molecule is Cc1ccc(-c2cc(CCCO)on2)c(Br)c1. The highest BCUT2D eigenvalue weighted by Gasteiger charge is 2.09. The molecule has 0 radical (unpaired) electrons. The van der Waals surface area contributed by atoms with Gasteiger partial charge in [-0.25, -0.2) is 0 Å². The molecule has 0 unspecified atom stereocenters. The number of aromatic nitrogens is 1. The predicted octanol–water partition coefficient (Wildman–Crippen LogP) is 3.34. The summed E-state index contributed by atoms with van der Waals surface area (Å²) in [6.07, 6.45) is 1.41. The Morgan fingerprint density at radius 1 is 1.35 bits per heavy atom. The molecule has 2 rings (SSSR count). The zero-order chi connectivity index (χ0) is 12.3. The van der Waals surface area contributed by atoms with Gasteiger partial charge in [-0.1, -0.05) is 33.2 Å². The Balaban J connectivity index is 2.24. The number of nitrogens with zero attached hydrogens (tertiary/aromatic N) is 1. The van der Waals surface area contributed by atoms with Crippen LogP contribution in [0.2, 0.25) is 0 Å². The fourth-order valence-electron chi connectivity index (χ4n) is 1.64. The van der Waals surface area contributed by atoms with Gasteiger partial charge in [0.25, 0.3) is 0 Å². The van der Waals surface area contributed by atoms with Crippen LogP contribution in [0, 0.1) is 6.92 Å². The predicted molar refractivity (Wildman–Crippen MR) is 69.8 cm³/mol. The minimum absolute atomic E-state index is 0.171. The molecule has 0 saturated carbocycles. The lowest BCUT2D eigenvalue weighted by atomic mass is 10.1. The van der Waals surface area contributed by atoms with Gasteiger partial charge in [0.1, 0.15) is 11.5 Å². The molecule has 0 aliphatic rings. The molecule has 1 N–H and O–H groups in total. The molecule has 2 aromatic rings. The minimum Gasteiger partial charge on any atom is -0.396 e. The van der Waals surface area contributed by atoms with Crippen LogP contribution in [0.1, 0.15) is 17.7 Å². The van der Waals surface area contributed by atoms with E-state index in [1.807, 2.05) is 25.1 Å².